The van der Waals surface area contributed by atoms with Gasteiger partial charge in [0.1, 0.15) is 0 Å². The molecule has 0 aliphatic carbocycles. The summed E-state index contributed by atoms with van der Waals surface area (Å²) in [6, 6.07) is 4.95. The predicted octanol–water partition coefficient (Wildman–Crippen LogP) is 1.86. The van der Waals surface area contributed by atoms with Crippen molar-refractivity contribution in [1.82, 2.24) is 4.90 Å². The van der Waals surface area contributed by atoms with E-state index in [0.717, 1.165) is 12.2 Å². The van der Waals surface area contributed by atoms with E-state index in [0.29, 0.717) is 17.4 Å². The maximum absolute atomic E-state index is 10.8. The van der Waals surface area contributed by atoms with Gasteiger partial charge in [0, 0.05) is 35.7 Å². The van der Waals surface area contributed by atoms with E-state index in [1.807, 2.05) is 14.1 Å². The normalized spacial score (nSPS) is 22.6. The number of nitrogens with zero attached hydrogens (tertiary/aromatic N) is 3. The Bertz CT molecular complexity index is 510. The van der Waals surface area contributed by atoms with Crippen molar-refractivity contribution in [3.8, 4) is 0 Å². The van der Waals surface area contributed by atoms with Crippen LogP contribution in [0.4, 0.5) is 11.4 Å². The number of β-amino-alcohol motifs (C(OH)–C–C–N with tert-alkyl or cyclic N) is 1. The second kappa shape index (κ2) is 6.07. The van der Waals surface area contributed by atoms with E-state index in [1.54, 1.807) is 6.07 Å². The number of rotatable bonds is 4. The van der Waals surface area contributed by atoms with Crippen molar-refractivity contribution in [1.29, 1.82) is 0 Å². The number of halogens is 1. The highest BCUT2D eigenvalue weighted by Crippen LogP contribution is 2.34. The smallest absolute Gasteiger partial charge is 0.270 e. The van der Waals surface area contributed by atoms with Crippen LogP contribution in [0.15, 0.2) is 22.7 Å². The topological polar surface area (TPSA) is 69.8 Å². The molecule has 0 saturated carbocycles. The van der Waals surface area contributed by atoms with Gasteiger partial charge in [0.05, 0.1) is 16.7 Å². The number of hydrogen-bond acceptors (Lipinski definition) is 5. The minimum absolute atomic E-state index is 0.0597. The van der Waals surface area contributed by atoms with Gasteiger partial charge in [-0.2, -0.15) is 0 Å². The molecule has 1 heterocycles. The Kier molecular flexibility index (Phi) is 4.62. The van der Waals surface area contributed by atoms with E-state index in [9.17, 15) is 15.2 Å². The van der Waals surface area contributed by atoms with E-state index in [2.05, 4.69) is 25.7 Å². The largest absolute Gasteiger partial charge is 0.391 e. The van der Waals surface area contributed by atoms with Crippen LogP contribution >= 0.6 is 15.9 Å². The molecule has 1 N–H and O–H groups in total. The van der Waals surface area contributed by atoms with Crippen LogP contribution in [0.2, 0.25) is 0 Å². The molecule has 1 aromatic carbocycles. The molecule has 1 saturated heterocycles. The highest BCUT2D eigenvalue weighted by molar-refractivity contribution is 9.10. The number of nitro benzene ring substituents is 1. The predicted molar refractivity (Wildman–Crippen MR) is 81.1 cm³/mol. The average molecular weight is 344 g/mol. The summed E-state index contributed by atoms with van der Waals surface area (Å²) >= 11 is 3.40. The lowest BCUT2D eigenvalue weighted by Gasteiger charge is -2.29. The minimum atomic E-state index is -0.412. The fourth-order valence-electron chi connectivity index (χ4n) is 2.62. The van der Waals surface area contributed by atoms with Crippen LogP contribution in [0.1, 0.15) is 6.42 Å². The quantitative estimate of drug-likeness (QED) is 0.667. The molecule has 0 amide bonds. The molecule has 2 unspecified atom stereocenters. The maximum atomic E-state index is 10.8. The lowest BCUT2D eigenvalue weighted by atomic mass is 10.2. The Balaban J connectivity index is 2.27. The van der Waals surface area contributed by atoms with Crippen molar-refractivity contribution in [2.45, 2.75) is 18.6 Å². The van der Waals surface area contributed by atoms with Gasteiger partial charge in [-0.1, -0.05) is 0 Å². The van der Waals surface area contributed by atoms with Crippen LogP contribution in [0.5, 0.6) is 0 Å². The van der Waals surface area contributed by atoms with Gasteiger partial charge in [-0.15, -0.1) is 0 Å². The highest BCUT2D eigenvalue weighted by Gasteiger charge is 2.32. The van der Waals surface area contributed by atoms with Gasteiger partial charge in [0.15, 0.2) is 0 Å². The first-order valence-electron chi connectivity index (χ1n) is 6.42. The van der Waals surface area contributed by atoms with Crippen LogP contribution < -0.4 is 4.90 Å². The molecule has 0 aromatic heterocycles. The maximum Gasteiger partial charge on any atom is 0.270 e. The molecule has 2 rings (SSSR count). The number of aliphatic hydroxyl groups excluding tert-OH is 1. The van der Waals surface area contributed by atoms with Gasteiger partial charge >= 0.3 is 0 Å². The van der Waals surface area contributed by atoms with Crippen molar-refractivity contribution in [3.05, 3.63) is 32.8 Å². The number of likely N-dealkylation sites (N-methyl/N-ethyl adjacent to an activating group) is 1. The molecule has 0 bridgehead atoms. The molecule has 1 aliphatic heterocycles. The zero-order valence-corrected chi connectivity index (χ0v) is 13.1. The molecular weight excluding hydrogens is 326 g/mol. The first-order valence-corrected chi connectivity index (χ1v) is 7.21. The van der Waals surface area contributed by atoms with Crippen molar-refractivity contribution in [2.75, 3.05) is 32.1 Å². The zero-order chi connectivity index (χ0) is 14.9. The summed E-state index contributed by atoms with van der Waals surface area (Å²) in [5.41, 5.74) is 0.948. The number of nitro groups is 1. The van der Waals surface area contributed by atoms with Gasteiger partial charge in [0.25, 0.3) is 5.69 Å². The van der Waals surface area contributed by atoms with Gasteiger partial charge in [-0.3, -0.25) is 10.1 Å². The average Bonchev–Trinajstić information content (AvgIpc) is 2.68. The van der Waals surface area contributed by atoms with Gasteiger partial charge in [0.2, 0.25) is 0 Å². The van der Waals surface area contributed by atoms with Crippen LogP contribution in [0.3, 0.4) is 0 Å². The SMILES string of the molecule is CN(C)CC1CC(O)CN1c1ccc([N+](=O)[O-])cc1Br. The molecule has 1 aliphatic rings. The molecule has 1 aromatic rings. The van der Waals surface area contributed by atoms with Crippen molar-refractivity contribution in [2.24, 2.45) is 0 Å². The van der Waals surface area contributed by atoms with E-state index < -0.39 is 4.92 Å². The third-order valence-electron chi connectivity index (χ3n) is 3.42. The van der Waals surface area contributed by atoms with Crippen LogP contribution in [0.25, 0.3) is 0 Å². The summed E-state index contributed by atoms with van der Waals surface area (Å²) in [5.74, 6) is 0. The lowest BCUT2D eigenvalue weighted by Crippen LogP contribution is -2.37. The summed E-state index contributed by atoms with van der Waals surface area (Å²) in [6.45, 7) is 1.38. The Labute approximate surface area is 126 Å². The number of non-ortho nitro benzene ring substituents is 1. The zero-order valence-electron chi connectivity index (χ0n) is 11.5. The second-order valence-corrected chi connectivity index (χ2v) is 6.21. The van der Waals surface area contributed by atoms with Crippen LogP contribution in [-0.2, 0) is 0 Å². The van der Waals surface area contributed by atoms with Crippen molar-refractivity contribution < 1.29 is 10.0 Å². The number of benzene rings is 1. The standard InChI is InChI=1S/C13H18BrN3O3/c1-15(2)7-10-5-11(18)8-16(10)13-4-3-9(17(19)20)6-12(13)14/h3-4,6,10-11,18H,5,7-8H2,1-2H3. The third-order valence-corrected chi connectivity index (χ3v) is 4.05. The molecule has 6 nitrogen and oxygen atoms in total. The van der Waals surface area contributed by atoms with Crippen molar-refractivity contribution >= 4 is 27.3 Å². The number of anilines is 1. The lowest BCUT2D eigenvalue weighted by molar-refractivity contribution is -0.384. The Morgan fingerprint density at radius 2 is 2.25 bits per heavy atom. The Morgan fingerprint density at radius 3 is 2.80 bits per heavy atom. The monoisotopic (exact) mass is 343 g/mol. The van der Waals surface area contributed by atoms with Crippen LogP contribution in [-0.4, -0.2) is 54.3 Å². The summed E-state index contributed by atoms with van der Waals surface area (Å²) in [6.07, 6.45) is 0.351. The Morgan fingerprint density at radius 1 is 1.55 bits per heavy atom. The van der Waals surface area contributed by atoms with Gasteiger partial charge in [-0.25, -0.2) is 0 Å². The molecule has 7 heteroatoms. The first-order chi connectivity index (χ1) is 9.38. The van der Waals surface area contributed by atoms with Crippen LogP contribution in [0, 0.1) is 10.1 Å². The molecule has 20 heavy (non-hydrogen) atoms. The molecule has 2 atom stereocenters. The summed E-state index contributed by atoms with van der Waals surface area (Å²) < 4.78 is 0.685. The molecule has 1 fully saturated rings. The number of aliphatic hydroxyl groups is 1. The first kappa shape index (κ1) is 15.2. The summed E-state index contributed by atoms with van der Waals surface area (Å²) in [7, 11) is 3.99. The summed E-state index contributed by atoms with van der Waals surface area (Å²) in [5, 5.41) is 20.7. The molecule has 0 radical (unpaired) electrons. The number of hydrogen-bond donors (Lipinski definition) is 1. The van der Waals surface area contributed by atoms with Gasteiger partial charge in [-0.05, 0) is 42.5 Å². The second-order valence-electron chi connectivity index (χ2n) is 5.35. The highest BCUT2D eigenvalue weighted by atomic mass is 79.9. The minimum Gasteiger partial charge on any atom is -0.391 e. The third kappa shape index (κ3) is 3.28. The van der Waals surface area contributed by atoms with E-state index in [4.69, 9.17) is 0 Å². The molecule has 0 spiro atoms. The van der Waals surface area contributed by atoms with E-state index >= 15 is 0 Å². The fourth-order valence-corrected chi connectivity index (χ4v) is 3.22. The summed E-state index contributed by atoms with van der Waals surface area (Å²) in [4.78, 5) is 14.5. The fraction of sp³-hybridized carbons (Fsp3) is 0.538. The van der Waals surface area contributed by atoms with Crippen molar-refractivity contribution in [3.63, 3.8) is 0 Å². The Hall–Kier alpha value is -1.18. The van der Waals surface area contributed by atoms with E-state index in [-0.39, 0.29) is 17.8 Å². The van der Waals surface area contributed by atoms with Gasteiger partial charge < -0.3 is 14.9 Å². The molecule has 110 valence electrons. The van der Waals surface area contributed by atoms with E-state index in [1.165, 1.54) is 12.1 Å². The molecular formula is C13H18BrN3O3.